The normalized spacial score (nSPS) is 22.7. The average molecular weight is 341 g/mol. The molecule has 2 aliphatic rings. The fraction of sp³-hybridized carbons (Fsp3) is 0.800. The zero-order valence-electron chi connectivity index (χ0n) is 13.8. The number of carbonyl (C=O) groups excluding carboxylic acids is 1. The number of carbonyl (C=O) groups is 1. The van der Waals surface area contributed by atoms with Gasteiger partial charge in [-0.05, 0) is 20.8 Å². The molecule has 128 valence electrons. The summed E-state index contributed by atoms with van der Waals surface area (Å²) >= 11 is 1.84. The number of nitrogens with zero attached hydrogens (tertiary/aromatic N) is 3. The molecule has 0 aromatic carbocycles. The maximum Gasteiger partial charge on any atom is 0.410 e. The quantitative estimate of drug-likeness (QED) is 0.834. The Morgan fingerprint density at radius 2 is 2.22 bits per heavy atom. The molecule has 1 aromatic rings. The Hall–Kier alpha value is -1.28. The minimum absolute atomic E-state index is 0.0640. The molecule has 2 aliphatic heterocycles. The summed E-state index contributed by atoms with van der Waals surface area (Å²) in [6, 6.07) is 0. The third kappa shape index (κ3) is 4.38. The van der Waals surface area contributed by atoms with Crippen LogP contribution < -0.4 is 0 Å². The molecule has 8 heteroatoms. The summed E-state index contributed by atoms with van der Waals surface area (Å²) in [5, 5.41) is 4.02. The smallest absolute Gasteiger partial charge is 0.410 e. The van der Waals surface area contributed by atoms with Gasteiger partial charge in [0.1, 0.15) is 11.7 Å². The van der Waals surface area contributed by atoms with Crippen LogP contribution in [0.15, 0.2) is 4.52 Å². The number of ether oxygens (including phenoxy) is 2. The molecular formula is C15H23N3O4S. The topological polar surface area (TPSA) is 77.7 Å². The molecule has 3 heterocycles. The number of aromatic nitrogens is 2. The highest BCUT2D eigenvalue weighted by atomic mass is 32.2. The first-order valence-electron chi connectivity index (χ1n) is 7.90. The lowest BCUT2D eigenvalue weighted by molar-refractivity contribution is -0.00187. The van der Waals surface area contributed by atoms with Crippen molar-refractivity contribution in [2.45, 2.75) is 38.9 Å². The van der Waals surface area contributed by atoms with E-state index in [9.17, 15) is 4.79 Å². The SMILES string of the molecule is CC(C)(C)OC(=O)N1CC(Cc2nc(C3CSCCO3)no2)C1. The number of hydrogen-bond acceptors (Lipinski definition) is 7. The van der Waals surface area contributed by atoms with Gasteiger partial charge >= 0.3 is 6.09 Å². The van der Waals surface area contributed by atoms with Gasteiger partial charge in [-0.25, -0.2) is 4.79 Å². The van der Waals surface area contributed by atoms with Crippen LogP contribution >= 0.6 is 11.8 Å². The number of likely N-dealkylation sites (tertiary alicyclic amines) is 1. The van der Waals surface area contributed by atoms with E-state index >= 15 is 0 Å². The van der Waals surface area contributed by atoms with Crippen molar-refractivity contribution in [3.63, 3.8) is 0 Å². The van der Waals surface area contributed by atoms with Crippen LogP contribution in [-0.4, -0.2) is 57.9 Å². The van der Waals surface area contributed by atoms with Gasteiger partial charge in [-0.15, -0.1) is 0 Å². The summed E-state index contributed by atoms with van der Waals surface area (Å²) in [7, 11) is 0. The molecule has 0 bridgehead atoms. The Bertz CT molecular complexity index is 545. The second-order valence-electron chi connectivity index (χ2n) is 6.94. The van der Waals surface area contributed by atoms with Gasteiger partial charge in [-0.3, -0.25) is 0 Å². The van der Waals surface area contributed by atoms with Gasteiger partial charge in [-0.2, -0.15) is 16.7 Å². The summed E-state index contributed by atoms with van der Waals surface area (Å²) in [6.45, 7) is 7.67. The monoisotopic (exact) mass is 341 g/mol. The molecule has 2 fully saturated rings. The van der Waals surface area contributed by atoms with Crippen molar-refractivity contribution in [3.8, 4) is 0 Å². The minimum Gasteiger partial charge on any atom is -0.444 e. The van der Waals surface area contributed by atoms with Crippen LogP contribution in [-0.2, 0) is 15.9 Å². The second kappa shape index (κ2) is 6.68. The second-order valence-corrected chi connectivity index (χ2v) is 8.09. The Morgan fingerprint density at radius 3 is 2.87 bits per heavy atom. The third-order valence-corrected chi connectivity index (χ3v) is 4.65. The zero-order chi connectivity index (χ0) is 16.4. The molecule has 1 amide bonds. The van der Waals surface area contributed by atoms with Crippen molar-refractivity contribution in [1.82, 2.24) is 15.0 Å². The van der Waals surface area contributed by atoms with Gasteiger partial charge in [0.15, 0.2) is 0 Å². The Balaban J connectivity index is 1.45. The number of amides is 1. The lowest BCUT2D eigenvalue weighted by Gasteiger charge is -2.39. The van der Waals surface area contributed by atoms with Gasteiger partial charge < -0.3 is 18.9 Å². The summed E-state index contributed by atoms with van der Waals surface area (Å²) in [5.41, 5.74) is -0.457. The van der Waals surface area contributed by atoms with Crippen molar-refractivity contribution in [2.24, 2.45) is 5.92 Å². The van der Waals surface area contributed by atoms with E-state index in [1.165, 1.54) is 0 Å². The van der Waals surface area contributed by atoms with Crippen LogP contribution in [0.25, 0.3) is 0 Å². The molecule has 2 saturated heterocycles. The standard InChI is InChI=1S/C15H23N3O4S/c1-15(2,3)21-14(19)18-7-10(8-18)6-12-16-13(17-22-12)11-9-23-5-4-20-11/h10-11H,4-9H2,1-3H3. The molecule has 0 radical (unpaired) electrons. The number of hydrogen-bond donors (Lipinski definition) is 0. The van der Waals surface area contributed by atoms with Crippen LogP contribution in [0.1, 0.15) is 38.6 Å². The Morgan fingerprint density at radius 1 is 1.43 bits per heavy atom. The molecule has 1 aromatic heterocycles. The van der Waals surface area contributed by atoms with E-state index in [4.69, 9.17) is 14.0 Å². The maximum absolute atomic E-state index is 11.9. The highest BCUT2D eigenvalue weighted by Crippen LogP contribution is 2.26. The highest BCUT2D eigenvalue weighted by Gasteiger charge is 2.35. The van der Waals surface area contributed by atoms with E-state index in [0.717, 1.165) is 18.1 Å². The van der Waals surface area contributed by atoms with Crippen LogP contribution in [0.3, 0.4) is 0 Å². The van der Waals surface area contributed by atoms with E-state index in [2.05, 4.69) is 10.1 Å². The van der Waals surface area contributed by atoms with Crippen LogP contribution in [0, 0.1) is 5.92 Å². The lowest BCUT2D eigenvalue weighted by atomic mass is 9.97. The first-order chi connectivity index (χ1) is 10.9. The first kappa shape index (κ1) is 16.6. The molecule has 1 atom stereocenters. The van der Waals surface area contributed by atoms with E-state index < -0.39 is 5.60 Å². The molecular weight excluding hydrogens is 318 g/mol. The van der Waals surface area contributed by atoms with Crippen molar-refractivity contribution in [2.75, 3.05) is 31.2 Å². The first-order valence-corrected chi connectivity index (χ1v) is 9.06. The third-order valence-electron chi connectivity index (χ3n) is 3.66. The van der Waals surface area contributed by atoms with E-state index in [1.54, 1.807) is 4.90 Å². The zero-order valence-corrected chi connectivity index (χ0v) is 14.6. The van der Waals surface area contributed by atoms with Crippen LogP contribution in [0.2, 0.25) is 0 Å². The van der Waals surface area contributed by atoms with Gasteiger partial charge in [0, 0.05) is 36.9 Å². The predicted octanol–water partition coefficient (Wildman–Crippen LogP) is 2.28. The highest BCUT2D eigenvalue weighted by molar-refractivity contribution is 7.99. The van der Waals surface area contributed by atoms with Gasteiger partial charge in [0.2, 0.25) is 11.7 Å². The van der Waals surface area contributed by atoms with Crippen molar-refractivity contribution < 1.29 is 18.8 Å². The largest absolute Gasteiger partial charge is 0.444 e. The summed E-state index contributed by atoms with van der Waals surface area (Å²) in [6.07, 6.45) is 0.366. The Labute approximate surface area is 140 Å². The fourth-order valence-corrected chi connectivity index (χ4v) is 3.38. The average Bonchev–Trinajstić information content (AvgIpc) is 2.90. The number of thioether (sulfide) groups is 1. The summed E-state index contributed by atoms with van der Waals surface area (Å²) in [5.74, 6) is 3.49. The summed E-state index contributed by atoms with van der Waals surface area (Å²) < 4.78 is 16.3. The molecule has 0 saturated carbocycles. The van der Waals surface area contributed by atoms with Crippen molar-refractivity contribution >= 4 is 17.9 Å². The molecule has 0 aliphatic carbocycles. The van der Waals surface area contributed by atoms with Gasteiger partial charge in [-0.1, -0.05) is 5.16 Å². The van der Waals surface area contributed by atoms with Crippen LogP contribution in [0.5, 0.6) is 0 Å². The van der Waals surface area contributed by atoms with Gasteiger partial charge in [0.25, 0.3) is 0 Å². The van der Waals surface area contributed by atoms with Crippen molar-refractivity contribution in [1.29, 1.82) is 0 Å². The van der Waals surface area contributed by atoms with E-state index in [0.29, 0.717) is 37.1 Å². The minimum atomic E-state index is -0.457. The fourth-order valence-electron chi connectivity index (χ4n) is 2.54. The maximum atomic E-state index is 11.9. The van der Waals surface area contributed by atoms with Crippen LogP contribution in [0.4, 0.5) is 4.79 Å². The predicted molar refractivity (Wildman–Crippen MR) is 85.3 cm³/mol. The van der Waals surface area contributed by atoms with Crippen molar-refractivity contribution in [3.05, 3.63) is 11.7 Å². The molecule has 3 rings (SSSR count). The Kier molecular flexibility index (Phi) is 4.82. The molecule has 0 N–H and O–H groups in total. The summed E-state index contributed by atoms with van der Waals surface area (Å²) in [4.78, 5) is 18.0. The molecule has 7 nitrogen and oxygen atoms in total. The van der Waals surface area contributed by atoms with E-state index in [-0.39, 0.29) is 12.2 Å². The number of rotatable bonds is 3. The van der Waals surface area contributed by atoms with Gasteiger partial charge in [0.05, 0.1) is 6.61 Å². The molecule has 1 unspecified atom stereocenters. The van der Waals surface area contributed by atoms with E-state index in [1.807, 2.05) is 32.5 Å². The molecule has 0 spiro atoms. The lowest BCUT2D eigenvalue weighted by Crippen LogP contribution is -2.52. The molecule has 23 heavy (non-hydrogen) atoms.